The Hall–Kier alpha value is -1.44. The van der Waals surface area contributed by atoms with E-state index in [0.717, 1.165) is 19.3 Å². The number of carbonyl (C=O) groups excluding carboxylic acids is 1. The van der Waals surface area contributed by atoms with E-state index < -0.39 is 163 Å². The van der Waals surface area contributed by atoms with Crippen LogP contribution in [0.25, 0.3) is 0 Å². The molecule has 8 aliphatic rings. The van der Waals surface area contributed by atoms with E-state index in [1.165, 1.54) is 26.3 Å². The van der Waals surface area contributed by atoms with Gasteiger partial charge in [-0.15, -0.1) is 0 Å². The Balaban J connectivity index is 1.04. The van der Waals surface area contributed by atoms with Crippen molar-refractivity contribution in [1.29, 1.82) is 0 Å². The second-order valence-corrected chi connectivity index (χ2v) is 25.1. The van der Waals surface area contributed by atoms with Gasteiger partial charge in [-0.1, -0.05) is 46.3 Å². The highest BCUT2D eigenvalue weighted by atomic mass is 32.3. The summed E-state index contributed by atoms with van der Waals surface area (Å²) in [5.41, 5.74) is 0.536. The summed E-state index contributed by atoms with van der Waals surface area (Å²) >= 11 is 0. The molecule has 432 valence electrons. The molecule has 11 N–H and O–H groups in total. The lowest BCUT2D eigenvalue weighted by molar-refractivity contribution is -0.399. The van der Waals surface area contributed by atoms with Gasteiger partial charge < -0.3 is 89.0 Å². The second-order valence-electron chi connectivity index (χ2n) is 24.0. The quantitative estimate of drug-likeness (QED) is 0.0701. The van der Waals surface area contributed by atoms with Crippen LogP contribution in [0, 0.1) is 46.3 Å². The van der Waals surface area contributed by atoms with Crippen molar-refractivity contribution in [2.45, 2.75) is 248 Å². The Kier molecular flexibility index (Phi) is 18.5. The van der Waals surface area contributed by atoms with E-state index in [4.69, 9.17) is 42.1 Å². The molecule has 4 saturated heterocycles. The molecule has 75 heavy (non-hydrogen) atoms. The normalized spacial score (nSPS) is 50.9. The molecule has 3 saturated carbocycles. The number of fused-ring (bicyclic) bond motifs is 5. The van der Waals surface area contributed by atoms with Gasteiger partial charge in [-0.25, -0.2) is 4.18 Å². The Morgan fingerprint density at radius 3 is 1.80 bits per heavy atom. The van der Waals surface area contributed by atoms with Gasteiger partial charge in [-0.3, -0.25) is 9.35 Å². The molecule has 29 atom stereocenters. The van der Waals surface area contributed by atoms with Crippen LogP contribution in [0.5, 0.6) is 0 Å². The van der Waals surface area contributed by atoms with Gasteiger partial charge in [0.15, 0.2) is 25.2 Å². The van der Waals surface area contributed by atoms with Gasteiger partial charge in [-0.05, 0) is 112 Å². The van der Waals surface area contributed by atoms with Crippen molar-refractivity contribution in [2.24, 2.45) is 46.3 Å². The van der Waals surface area contributed by atoms with Crippen LogP contribution in [0.2, 0.25) is 0 Å². The van der Waals surface area contributed by atoms with Gasteiger partial charge in [0.1, 0.15) is 85.1 Å². The minimum atomic E-state index is -4.83. The third kappa shape index (κ3) is 11.9. The molecule has 0 amide bonds. The van der Waals surface area contributed by atoms with Crippen molar-refractivity contribution in [1.82, 2.24) is 0 Å². The van der Waals surface area contributed by atoms with Crippen LogP contribution in [0.1, 0.15) is 113 Å². The maximum absolute atomic E-state index is 13.1. The SMILES string of the molecule is CC(C)CC(=O)CC(C)C1CCC2C3CC(OC4OC(CO)C(OC5OC(C)C(OC6OC(C)C(O)C(O)C6O)C(O)C5OC5OC(C)C(O)C(O)C5O)C(O)C4O)C4CC(OS(=O)(=O)O)CCC4(C)C3=CCC12C. The van der Waals surface area contributed by atoms with Gasteiger partial charge >= 0.3 is 10.4 Å². The summed E-state index contributed by atoms with van der Waals surface area (Å²) < 4.78 is 87.9. The van der Waals surface area contributed by atoms with Crippen molar-refractivity contribution in [2.75, 3.05) is 6.61 Å². The highest BCUT2D eigenvalue weighted by Gasteiger charge is 2.62. The molecule has 4 aliphatic heterocycles. The Morgan fingerprint density at radius 1 is 0.653 bits per heavy atom. The van der Waals surface area contributed by atoms with Crippen molar-refractivity contribution < 1.29 is 111 Å². The predicted octanol–water partition coefficient (Wildman–Crippen LogP) is -0.255. The molecule has 24 heteroatoms. The first-order chi connectivity index (χ1) is 35.1. The smallest absolute Gasteiger partial charge is 0.394 e. The molecule has 0 aromatic rings. The topological polar surface area (TPSA) is 357 Å². The summed E-state index contributed by atoms with van der Waals surface area (Å²) in [7, 11) is -4.83. The molecular formula is C51H84O23S. The average molecular weight is 1100 g/mol. The van der Waals surface area contributed by atoms with Crippen LogP contribution in [-0.4, -0.2) is 211 Å². The minimum absolute atomic E-state index is 0.0124. The Morgan fingerprint density at radius 2 is 1.21 bits per heavy atom. The van der Waals surface area contributed by atoms with Crippen molar-refractivity contribution in [3.05, 3.63) is 11.6 Å². The van der Waals surface area contributed by atoms with Gasteiger partial charge in [-0.2, -0.15) is 8.42 Å². The Bertz CT molecular complexity index is 2100. The van der Waals surface area contributed by atoms with Crippen molar-refractivity contribution >= 4 is 16.2 Å². The number of aliphatic hydroxyl groups is 10. The summed E-state index contributed by atoms with van der Waals surface area (Å²) in [6, 6.07) is 0. The molecule has 0 bridgehead atoms. The summed E-state index contributed by atoms with van der Waals surface area (Å²) in [5, 5.41) is 110. The largest absolute Gasteiger partial charge is 0.397 e. The fraction of sp³-hybridized carbons (Fsp3) is 0.941. The molecule has 0 aromatic carbocycles. The lowest BCUT2D eigenvalue weighted by Gasteiger charge is -2.59. The molecule has 4 heterocycles. The van der Waals surface area contributed by atoms with E-state index in [-0.39, 0.29) is 47.2 Å². The lowest BCUT2D eigenvalue weighted by atomic mass is 9.47. The first-order valence-corrected chi connectivity index (χ1v) is 28.3. The van der Waals surface area contributed by atoms with Gasteiger partial charge in [0.2, 0.25) is 0 Å². The fourth-order valence-electron chi connectivity index (χ4n) is 14.6. The number of aliphatic hydroxyl groups excluding tert-OH is 10. The van der Waals surface area contributed by atoms with E-state index in [1.807, 2.05) is 13.8 Å². The van der Waals surface area contributed by atoms with Crippen LogP contribution in [0.15, 0.2) is 11.6 Å². The highest BCUT2D eigenvalue weighted by Crippen LogP contribution is 2.67. The third-order valence-corrected chi connectivity index (χ3v) is 19.1. The zero-order valence-electron chi connectivity index (χ0n) is 44.0. The number of ketones is 1. The molecular weight excluding hydrogens is 1010 g/mol. The molecule has 8 rings (SSSR count). The van der Waals surface area contributed by atoms with E-state index in [1.54, 1.807) is 0 Å². The van der Waals surface area contributed by atoms with Crippen LogP contribution < -0.4 is 0 Å². The predicted molar refractivity (Wildman–Crippen MR) is 258 cm³/mol. The van der Waals surface area contributed by atoms with Crippen molar-refractivity contribution in [3.8, 4) is 0 Å². The number of hydrogen-bond donors (Lipinski definition) is 11. The van der Waals surface area contributed by atoms with E-state index in [9.17, 15) is 68.8 Å². The lowest BCUT2D eigenvalue weighted by Crippen LogP contribution is -2.67. The number of allylic oxidation sites excluding steroid dienone is 2. The minimum Gasteiger partial charge on any atom is -0.394 e. The summed E-state index contributed by atoms with van der Waals surface area (Å²) in [4.78, 5) is 13.1. The van der Waals surface area contributed by atoms with E-state index in [2.05, 4.69) is 26.8 Å². The molecule has 4 aliphatic carbocycles. The number of ether oxygens (including phenoxy) is 8. The van der Waals surface area contributed by atoms with Crippen LogP contribution in [-0.2, 0) is 57.3 Å². The molecule has 0 aromatic heterocycles. The fourth-order valence-corrected chi connectivity index (χ4v) is 15.1. The average Bonchev–Trinajstić information content (AvgIpc) is 3.70. The molecule has 7 fully saturated rings. The summed E-state index contributed by atoms with van der Waals surface area (Å²) in [5.74, 6) is 0.697. The molecule has 29 unspecified atom stereocenters. The maximum atomic E-state index is 13.1. The number of rotatable bonds is 16. The zero-order chi connectivity index (χ0) is 55.0. The zero-order valence-corrected chi connectivity index (χ0v) is 44.9. The van der Waals surface area contributed by atoms with Gasteiger partial charge in [0, 0.05) is 12.8 Å². The Labute approximate surface area is 438 Å². The monoisotopic (exact) mass is 1100 g/mol. The molecule has 0 radical (unpaired) electrons. The third-order valence-electron chi connectivity index (χ3n) is 18.5. The molecule has 0 spiro atoms. The molecule has 23 nitrogen and oxygen atoms in total. The van der Waals surface area contributed by atoms with Crippen LogP contribution in [0.4, 0.5) is 0 Å². The van der Waals surface area contributed by atoms with Crippen molar-refractivity contribution in [3.63, 3.8) is 0 Å². The maximum Gasteiger partial charge on any atom is 0.397 e. The van der Waals surface area contributed by atoms with E-state index in [0.29, 0.717) is 32.1 Å². The van der Waals surface area contributed by atoms with Gasteiger partial charge in [0.05, 0.1) is 37.1 Å². The van der Waals surface area contributed by atoms with Crippen LogP contribution >= 0.6 is 0 Å². The first kappa shape index (κ1) is 59.7. The summed E-state index contributed by atoms with van der Waals surface area (Å²) in [6.07, 6.45) is -26.5. The first-order valence-electron chi connectivity index (χ1n) is 26.9. The second kappa shape index (κ2) is 23.2. The van der Waals surface area contributed by atoms with E-state index >= 15 is 0 Å². The highest BCUT2D eigenvalue weighted by molar-refractivity contribution is 7.80. The van der Waals surface area contributed by atoms with Crippen LogP contribution in [0.3, 0.4) is 0 Å². The number of Topliss-reactive ketones (excluding diaryl/α,β-unsaturated/α-hetero) is 1. The standard InChI is InChI=1S/C51H84O23S/c1-20(2)15-25(53)16-21(3)28-9-10-29-27-18-32(31-17-26(74-75(63,64)65)11-13-51(31,8)30(27)12-14-50(28,29)7)69-48-41(61)38(58)44(33(19-52)70-48)72-49-45(73-47-40(60)37(57)35(55)23(5)67-47)42(62)43(24(6)68-49)71-46-39(59)36(56)34(54)22(4)66-46/h12,20-24,26-29,31-49,52,54-62H,9-11,13-19H2,1-8H3,(H,63,64,65). The summed E-state index contributed by atoms with van der Waals surface area (Å²) in [6.45, 7) is 14.1. The number of carbonyl (C=O) groups is 1. The number of hydrogen-bond acceptors (Lipinski definition) is 22. The van der Waals surface area contributed by atoms with Gasteiger partial charge in [0.25, 0.3) is 0 Å².